The Kier molecular flexibility index (Phi) is 4.03. The van der Waals surface area contributed by atoms with Gasteiger partial charge in [-0.2, -0.15) is 5.26 Å². The average Bonchev–Trinajstić information content (AvgIpc) is 2.30. The summed E-state index contributed by atoms with van der Waals surface area (Å²) in [4.78, 5) is 22.9. The van der Waals surface area contributed by atoms with E-state index in [9.17, 15) is 9.59 Å². The lowest BCUT2D eigenvalue weighted by atomic mass is 9.99. The molecule has 0 aromatic heterocycles. The van der Waals surface area contributed by atoms with Gasteiger partial charge in [0.25, 0.3) is 0 Å². The van der Waals surface area contributed by atoms with Crippen LogP contribution >= 0.6 is 11.6 Å². The molecule has 1 aromatic carbocycles. The fourth-order valence-corrected chi connectivity index (χ4v) is 1.24. The van der Waals surface area contributed by atoms with Gasteiger partial charge in [0.05, 0.1) is 13.2 Å². The van der Waals surface area contributed by atoms with Crippen LogP contribution in [-0.2, 0) is 9.53 Å². The zero-order chi connectivity index (χ0) is 12.1. The van der Waals surface area contributed by atoms with Gasteiger partial charge in [0, 0.05) is 10.6 Å². The SMILES string of the molecule is COC(=O)[C@H](C#N)C(=O)c1ccc(Cl)cc1. The topological polar surface area (TPSA) is 67.2 Å². The van der Waals surface area contributed by atoms with Gasteiger partial charge in [0.2, 0.25) is 5.92 Å². The van der Waals surface area contributed by atoms with Gasteiger partial charge in [-0.25, -0.2) is 0 Å². The van der Waals surface area contributed by atoms with E-state index in [1.165, 1.54) is 24.3 Å². The number of Topliss-reactive ketones (excluding diaryl/α,β-unsaturated/α-hetero) is 1. The number of benzene rings is 1. The number of esters is 1. The smallest absolute Gasteiger partial charge is 0.331 e. The standard InChI is InChI=1S/C11H8ClNO3/c1-16-11(15)9(6-13)10(14)7-2-4-8(12)5-3-7/h2-5,9H,1H3/t9-/m1/s1. The highest BCUT2D eigenvalue weighted by Gasteiger charge is 2.28. The van der Waals surface area contributed by atoms with E-state index in [-0.39, 0.29) is 5.56 Å². The molecule has 0 fully saturated rings. The van der Waals surface area contributed by atoms with E-state index in [2.05, 4.69) is 4.74 Å². The molecule has 82 valence electrons. The van der Waals surface area contributed by atoms with E-state index in [1.807, 2.05) is 0 Å². The molecular weight excluding hydrogens is 230 g/mol. The van der Waals surface area contributed by atoms with Gasteiger partial charge in [-0.1, -0.05) is 11.6 Å². The Morgan fingerprint density at radius 2 is 1.94 bits per heavy atom. The Morgan fingerprint density at radius 3 is 2.38 bits per heavy atom. The Hall–Kier alpha value is -1.86. The van der Waals surface area contributed by atoms with E-state index >= 15 is 0 Å². The van der Waals surface area contributed by atoms with Gasteiger partial charge in [0.15, 0.2) is 5.78 Å². The van der Waals surface area contributed by atoms with Gasteiger partial charge in [-0.15, -0.1) is 0 Å². The minimum Gasteiger partial charge on any atom is -0.468 e. The highest BCUT2D eigenvalue weighted by Crippen LogP contribution is 2.14. The zero-order valence-corrected chi connectivity index (χ0v) is 9.19. The monoisotopic (exact) mass is 237 g/mol. The molecule has 0 spiro atoms. The molecule has 1 rings (SSSR count). The van der Waals surface area contributed by atoms with Gasteiger partial charge < -0.3 is 4.74 Å². The van der Waals surface area contributed by atoms with Crippen LogP contribution in [0.5, 0.6) is 0 Å². The second kappa shape index (κ2) is 5.29. The molecule has 0 bridgehead atoms. The third-order valence-corrected chi connectivity index (χ3v) is 2.21. The van der Waals surface area contributed by atoms with Crippen LogP contribution in [0.3, 0.4) is 0 Å². The Balaban J connectivity index is 2.97. The number of ether oxygens (including phenoxy) is 1. The minimum atomic E-state index is -1.42. The predicted octanol–water partition coefficient (Wildman–Crippen LogP) is 1.84. The molecule has 0 saturated carbocycles. The molecule has 4 nitrogen and oxygen atoms in total. The second-order valence-electron chi connectivity index (χ2n) is 2.96. The van der Waals surface area contributed by atoms with Crippen LogP contribution in [0.2, 0.25) is 5.02 Å². The second-order valence-corrected chi connectivity index (χ2v) is 3.39. The van der Waals surface area contributed by atoms with Crippen LogP contribution in [0.1, 0.15) is 10.4 Å². The number of hydrogen-bond donors (Lipinski definition) is 0. The first-order chi connectivity index (χ1) is 7.60. The quantitative estimate of drug-likeness (QED) is 0.457. The number of hydrogen-bond acceptors (Lipinski definition) is 4. The summed E-state index contributed by atoms with van der Waals surface area (Å²) in [5.41, 5.74) is 0.251. The summed E-state index contributed by atoms with van der Waals surface area (Å²) in [6.07, 6.45) is 0. The first-order valence-corrected chi connectivity index (χ1v) is 4.75. The molecule has 0 aliphatic carbocycles. The van der Waals surface area contributed by atoms with E-state index in [4.69, 9.17) is 16.9 Å². The summed E-state index contributed by atoms with van der Waals surface area (Å²) in [5.74, 6) is -2.88. The molecule has 0 aliphatic heterocycles. The van der Waals surface area contributed by atoms with Crippen molar-refractivity contribution < 1.29 is 14.3 Å². The number of nitrogens with zero attached hydrogens (tertiary/aromatic N) is 1. The molecule has 1 atom stereocenters. The van der Waals surface area contributed by atoms with Gasteiger partial charge in [-0.05, 0) is 24.3 Å². The number of carbonyl (C=O) groups excluding carboxylic acids is 2. The van der Waals surface area contributed by atoms with Crippen molar-refractivity contribution in [3.8, 4) is 6.07 Å². The van der Waals surface area contributed by atoms with Crippen molar-refractivity contribution in [3.63, 3.8) is 0 Å². The van der Waals surface area contributed by atoms with Crippen molar-refractivity contribution >= 4 is 23.4 Å². The van der Waals surface area contributed by atoms with E-state index in [0.717, 1.165) is 7.11 Å². The Bertz CT molecular complexity index is 447. The number of methoxy groups -OCH3 is 1. The minimum absolute atomic E-state index is 0.251. The van der Waals surface area contributed by atoms with Crippen LogP contribution in [0.4, 0.5) is 0 Å². The average molecular weight is 238 g/mol. The van der Waals surface area contributed by atoms with E-state index < -0.39 is 17.7 Å². The molecule has 0 radical (unpaired) electrons. The van der Waals surface area contributed by atoms with Crippen molar-refractivity contribution in [2.75, 3.05) is 7.11 Å². The lowest BCUT2D eigenvalue weighted by Crippen LogP contribution is -2.23. The van der Waals surface area contributed by atoms with Gasteiger partial charge in [0.1, 0.15) is 0 Å². The van der Waals surface area contributed by atoms with Crippen LogP contribution < -0.4 is 0 Å². The molecule has 5 heteroatoms. The first-order valence-electron chi connectivity index (χ1n) is 4.37. The molecule has 0 saturated heterocycles. The maximum atomic E-state index is 11.7. The van der Waals surface area contributed by atoms with Gasteiger partial charge >= 0.3 is 5.97 Å². The first kappa shape index (κ1) is 12.2. The zero-order valence-electron chi connectivity index (χ0n) is 8.44. The summed E-state index contributed by atoms with van der Waals surface area (Å²) >= 11 is 5.65. The Labute approximate surface area is 97.4 Å². The number of carbonyl (C=O) groups is 2. The van der Waals surface area contributed by atoms with Crippen molar-refractivity contribution in [3.05, 3.63) is 34.9 Å². The van der Waals surface area contributed by atoms with Crippen LogP contribution in [-0.4, -0.2) is 18.9 Å². The largest absolute Gasteiger partial charge is 0.468 e. The van der Waals surface area contributed by atoms with Crippen molar-refractivity contribution in [1.82, 2.24) is 0 Å². The summed E-state index contributed by atoms with van der Waals surface area (Å²) in [6, 6.07) is 7.55. The lowest BCUT2D eigenvalue weighted by Gasteiger charge is -2.05. The van der Waals surface area contributed by atoms with Crippen molar-refractivity contribution in [1.29, 1.82) is 5.26 Å². The maximum Gasteiger partial charge on any atom is 0.331 e. The summed E-state index contributed by atoms with van der Waals surface area (Å²) < 4.78 is 4.36. The molecule has 0 aliphatic rings. The van der Waals surface area contributed by atoms with Crippen LogP contribution in [0.15, 0.2) is 24.3 Å². The number of ketones is 1. The molecule has 16 heavy (non-hydrogen) atoms. The van der Waals surface area contributed by atoms with Crippen molar-refractivity contribution in [2.24, 2.45) is 5.92 Å². The molecule has 0 amide bonds. The van der Waals surface area contributed by atoms with Crippen LogP contribution in [0.25, 0.3) is 0 Å². The Morgan fingerprint density at radius 1 is 1.38 bits per heavy atom. The third kappa shape index (κ3) is 2.59. The number of nitriles is 1. The number of rotatable bonds is 3. The summed E-state index contributed by atoms with van der Waals surface area (Å²) in [7, 11) is 1.13. The maximum absolute atomic E-state index is 11.7. The third-order valence-electron chi connectivity index (χ3n) is 1.96. The summed E-state index contributed by atoms with van der Waals surface area (Å²) in [5, 5.41) is 9.19. The predicted molar refractivity (Wildman–Crippen MR) is 56.9 cm³/mol. The number of halogens is 1. The summed E-state index contributed by atoms with van der Waals surface area (Å²) in [6.45, 7) is 0. The lowest BCUT2D eigenvalue weighted by molar-refractivity contribution is -0.141. The molecule has 1 aromatic rings. The fraction of sp³-hybridized carbons (Fsp3) is 0.182. The molecule has 0 N–H and O–H groups in total. The molecular formula is C11H8ClNO3. The highest BCUT2D eigenvalue weighted by atomic mass is 35.5. The van der Waals surface area contributed by atoms with Crippen LogP contribution in [0, 0.1) is 17.2 Å². The fourth-order valence-electron chi connectivity index (χ4n) is 1.12. The normalized spacial score (nSPS) is 11.3. The van der Waals surface area contributed by atoms with E-state index in [1.54, 1.807) is 6.07 Å². The highest BCUT2D eigenvalue weighted by molar-refractivity contribution is 6.30. The van der Waals surface area contributed by atoms with E-state index in [0.29, 0.717) is 5.02 Å². The molecule has 0 unspecified atom stereocenters. The van der Waals surface area contributed by atoms with Gasteiger partial charge in [-0.3, -0.25) is 9.59 Å². The van der Waals surface area contributed by atoms with Crippen molar-refractivity contribution in [2.45, 2.75) is 0 Å². The molecule has 0 heterocycles.